The number of carbonyl (C=O) groups is 2. The Morgan fingerprint density at radius 1 is 1.24 bits per heavy atom. The number of hydrogen-bond donors (Lipinski definition) is 1. The second-order valence-corrected chi connectivity index (χ2v) is 9.48. The largest absolute Gasteiger partial charge is 0.495 e. The molecule has 10 heteroatoms. The van der Waals surface area contributed by atoms with Crippen molar-refractivity contribution in [2.45, 2.75) is 30.2 Å². The number of nitrogens with one attached hydrogen (secondary N) is 1. The summed E-state index contributed by atoms with van der Waals surface area (Å²) in [5.41, 5.74) is 0.385. The molecule has 1 aliphatic carbocycles. The van der Waals surface area contributed by atoms with Crippen molar-refractivity contribution >= 4 is 27.5 Å². The number of sulfonamides is 1. The lowest BCUT2D eigenvalue weighted by atomic mass is 10.1. The fourth-order valence-electron chi connectivity index (χ4n) is 3.75. The molecule has 4 rings (SSSR count). The van der Waals surface area contributed by atoms with E-state index in [0.29, 0.717) is 44.6 Å². The topological polar surface area (TPSA) is 105 Å². The van der Waals surface area contributed by atoms with Crippen LogP contribution in [0.25, 0.3) is 0 Å². The molecule has 1 saturated carbocycles. The van der Waals surface area contributed by atoms with E-state index in [4.69, 9.17) is 9.47 Å². The first-order valence-electron chi connectivity index (χ1n) is 9.76. The molecule has 9 nitrogen and oxygen atoms in total. The number of rotatable bonds is 6. The summed E-state index contributed by atoms with van der Waals surface area (Å²) in [6, 6.07) is 4.69. The molecule has 1 aromatic rings. The normalized spacial score (nSPS) is 23.3. The molecule has 0 spiro atoms. The van der Waals surface area contributed by atoms with Crippen LogP contribution in [0.1, 0.15) is 19.3 Å². The highest BCUT2D eigenvalue weighted by Gasteiger charge is 2.41. The Balaban J connectivity index is 1.48. The molecular weight excluding hydrogens is 398 g/mol. The van der Waals surface area contributed by atoms with Gasteiger partial charge in [0.1, 0.15) is 5.75 Å². The summed E-state index contributed by atoms with van der Waals surface area (Å²) in [7, 11) is -2.24. The van der Waals surface area contributed by atoms with Crippen LogP contribution in [0.5, 0.6) is 5.75 Å². The summed E-state index contributed by atoms with van der Waals surface area (Å²) in [6.07, 6.45) is 2.22. The van der Waals surface area contributed by atoms with Crippen LogP contribution in [0.3, 0.4) is 0 Å². The molecule has 2 aliphatic heterocycles. The molecule has 1 N–H and O–H groups in total. The molecule has 0 aromatic heterocycles. The Labute approximate surface area is 170 Å². The highest BCUT2D eigenvalue weighted by atomic mass is 32.2. The average Bonchev–Trinajstić information content (AvgIpc) is 3.50. The van der Waals surface area contributed by atoms with Crippen LogP contribution in [-0.2, 0) is 24.3 Å². The zero-order chi connectivity index (χ0) is 20.6. The van der Waals surface area contributed by atoms with Crippen molar-refractivity contribution < 1.29 is 27.5 Å². The Kier molecular flexibility index (Phi) is 5.50. The van der Waals surface area contributed by atoms with Gasteiger partial charge in [-0.25, -0.2) is 8.42 Å². The van der Waals surface area contributed by atoms with E-state index in [1.54, 1.807) is 4.90 Å². The zero-order valence-electron chi connectivity index (χ0n) is 16.3. The third kappa shape index (κ3) is 4.10. The quantitative estimate of drug-likeness (QED) is 0.721. The SMILES string of the molecule is COc1cc(S(=O)(=O)N2CCOCC2)ccc1NC(=O)[C@@H]1CC(=O)N(C2CC2)C1. The minimum Gasteiger partial charge on any atom is -0.495 e. The van der Waals surface area contributed by atoms with Crippen molar-refractivity contribution in [2.75, 3.05) is 45.3 Å². The van der Waals surface area contributed by atoms with Crippen LogP contribution in [0.15, 0.2) is 23.1 Å². The highest BCUT2D eigenvalue weighted by Crippen LogP contribution is 2.34. The van der Waals surface area contributed by atoms with Crippen molar-refractivity contribution in [3.05, 3.63) is 18.2 Å². The number of nitrogens with zero attached hydrogens (tertiary/aromatic N) is 2. The number of amides is 2. The van der Waals surface area contributed by atoms with Gasteiger partial charge < -0.3 is 19.7 Å². The van der Waals surface area contributed by atoms with Crippen LogP contribution in [0.2, 0.25) is 0 Å². The van der Waals surface area contributed by atoms with Gasteiger partial charge in [-0.2, -0.15) is 4.31 Å². The Bertz CT molecular complexity index is 909. The number of likely N-dealkylation sites (tertiary alicyclic amines) is 1. The summed E-state index contributed by atoms with van der Waals surface area (Å²) < 4.78 is 37.6. The molecule has 29 heavy (non-hydrogen) atoms. The van der Waals surface area contributed by atoms with Gasteiger partial charge in [0.15, 0.2) is 0 Å². The van der Waals surface area contributed by atoms with E-state index in [0.717, 1.165) is 12.8 Å². The molecule has 0 bridgehead atoms. The molecule has 0 unspecified atom stereocenters. The summed E-state index contributed by atoms with van der Waals surface area (Å²) in [5.74, 6) is -0.393. The maximum Gasteiger partial charge on any atom is 0.243 e. The Hall–Kier alpha value is -2.17. The van der Waals surface area contributed by atoms with E-state index < -0.39 is 15.9 Å². The lowest BCUT2D eigenvalue weighted by molar-refractivity contribution is -0.128. The summed E-state index contributed by atoms with van der Waals surface area (Å²) in [5, 5.41) is 2.79. The first kappa shape index (κ1) is 20.1. The van der Waals surface area contributed by atoms with Crippen molar-refractivity contribution in [3.63, 3.8) is 0 Å². The lowest BCUT2D eigenvalue weighted by Gasteiger charge is -2.26. The minimum absolute atomic E-state index is 0.0200. The fraction of sp³-hybridized carbons (Fsp3) is 0.579. The van der Waals surface area contributed by atoms with Crippen LogP contribution < -0.4 is 10.1 Å². The van der Waals surface area contributed by atoms with E-state index in [1.165, 1.54) is 29.6 Å². The predicted molar refractivity (Wildman–Crippen MR) is 104 cm³/mol. The van der Waals surface area contributed by atoms with Gasteiger partial charge in [-0.3, -0.25) is 9.59 Å². The molecular formula is C19H25N3O6S. The van der Waals surface area contributed by atoms with E-state index in [-0.39, 0.29) is 28.9 Å². The number of anilines is 1. The molecule has 3 aliphatic rings. The predicted octanol–water partition coefficient (Wildman–Crippen LogP) is 0.666. The van der Waals surface area contributed by atoms with Crippen LogP contribution in [-0.4, -0.2) is 75.4 Å². The van der Waals surface area contributed by atoms with Crippen LogP contribution in [0, 0.1) is 5.92 Å². The standard InChI is InChI=1S/C19H25N3O6S/c1-27-17-11-15(29(25,26)21-6-8-28-9-7-21)4-5-16(17)20-19(24)13-10-18(23)22(12-13)14-2-3-14/h4-5,11,13-14H,2-3,6-10,12H2,1H3,(H,20,24)/t13-/m1/s1. The monoisotopic (exact) mass is 423 g/mol. The third-order valence-electron chi connectivity index (χ3n) is 5.56. The van der Waals surface area contributed by atoms with Crippen LogP contribution >= 0.6 is 0 Å². The number of benzene rings is 1. The van der Waals surface area contributed by atoms with Crippen LogP contribution in [0.4, 0.5) is 5.69 Å². The van der Waals surface area contributed by atoms with Crippen molar-refractivity contribution in [1.29, 1.82) is 0 Å². The smallest absolute Gasteiger partial charge is 0.243 e. The van der Waals surface area contributed by atoms with E-state index in [9.17, 15) is 18.0 Å². The van der Waals surface area contributed by atoms with Crippen molar-refractivity contribution in [2.24, 2.45) is 5.92 Å². The summed E-state index contributed by atoms with van der Waals surface area (Å²) >= 11 is 0. The molecule has 2 heterocycles. The molecule has 3 fully saturated rings. The minimum atomic E-state index is -3.66. The number of carbonyl (C=O) groups excluding carboxylic acids is 2. The Morgan fingerprint density at radius 2 is 1.97 bits per heavy atom. The second-order valence-electron chi connectivity index (χ2n) is 7.55. The van der Waals surface area contributed by atoms with Gasteiger partial charge >= 0.3 is 0 Å². The zero-order valence-corrected chi connectivity index (χ0v) is 17.1. The van der Waals surface area contributed by atoms with Gasteiger partial charge in [0.25, 0.3) is 0 Å². The number of methoxy groups -OCH3 is 1. The molecule has 2 saturated heterocycles. The van der Waals surface area contributed by atoms with Gasteiger partial charge in [0.2, 0.25) is 21.8 Å². The fourth-order valence-corrected chi connectivity index (χ4v) is 5.18. The van der Waals surface area contributed by atoms with Gasteiger partial charge in [-0.1, -0.05) is 0 Å². The number of hydrogen-bond acceptors (Lipinski definition) is 6. The van der Waals surface area contributed by atoms with Gasteiger partial charge in [-0.05, 0) is 25.0 Å². The molecule has 1 atom stereocenters. The van der Waals surface area contributed by atoms with E-state index >= 15 is 0 Å². The summed E-state index contributed by atoms with van der Waals surface area (Å²) in [4.78, 5) is 26.6. The van der Waals surface area contributed by atoms with Crippen molar-refractivity contribution in [1.82, 2.24) is 9.21 Å². The van der Waals surface area contributed by atoms with Gasteiger partial charge in [-0.15, -0.1) is 0 Å². The third-order valence-corrected chi connectivity index (χ3v) is 7.45. The van der Waals surface area contributed by atoms with Gasteiger partial charge in [0, 0.05) is 38.2 Å². The first-order chi connectivity index (χ1) is 13.9. The number of morpholine rings is 1. The van der Waals surface area contributed by atoms with Gasteiger partial charge in [0.05, 0.1) is 36.8 Å². The molecule has 158 valence electrons. The summed E-state index contributed by atoms with van der Waals surface area (Å²) in [6.45, 7) is 1.76. The highest BCUT2D eigenvalue weighted by molar-refractivity contribution is 7.89. The lowest BCUT2D eigenvalue weighted by Crippen LogP contribution is -2.40. The first-order valence-corrected chi connectivity index (χ1v) is 11.2. The molecule has 0 radical (unpaired) electrons. The van der Waals surface area contributed by atoms with Crippen molar-refractivity contribution in [3.8, 4) is 5.75 Å². The maximum absolute atomic E-state index is 12.8. The van der Waals surface area contributed by atoms with E-state index in [2.05, 4.69) is 5.32 Å². The maximum atomic E-state index is 12.8. The second kappa shape index (κ2) is 7.92. The number of ether oxygens (including phenoxy) is 2. The molecule has 2 amide bonds. The average molecular weight is 423 g/mol. The molecule has 1 aromatic carbocycles. The van der Waals surface area contributed by atoms with E-state index in [1.807, 2.05) is 0 Å². The Morgan fingerprint density at radius 3 is 2.62 bits per heavy atom.